The third-order valence-corrected chi connectivity index (χ3v) is 1.78. The van der Waals surface area contributed by atoms with Crippen molar-refractivity contribution in [3.8, 4) is 0 Å². The van der Waals surface area contributed by atoms with E-state index >= 15 is 0 Å². The van der Waals surface area contributed by atoms with Crippen LogP contribution in [0.25, 0.3) is 0 Å². The van der Waals surface area contributed by atoms with Gasteiger partial charge < -0.3 is 15.4 Å². The first-order chi connectivity index (χ1) is 7.83. The Morgan fingerprint density at radius 2 is 2.12 bits per heavy atom. The Morgan fingerprint density at radius 3 is 2.53 bits per heavy atom. The van der Waals surface area contributed by atoms with Crippen LogP contribution in [0.2, 0.25) is 0 Å². The lowest BCUT2D eigenvalue weighted by Gasteiger charge is -2.15. The first kappa shape index (κ1) is 13.1. The van der Waals surface area contributed by atoms with Gasteiger partial charge >= 0.3 is 18.2 Å². The van der Waals surface area contributed by atoms with Crippen LogP contribution in [0.1, 0.15) is 0 Å². The van der Waals surface area contributed by atoms with Crippen LogP contribution in [0.3, 0.4) is 0 Å². The number of aromatic nitrogens is 1. The Bertz CT molecular complexity index is 396. The van der Waals surface area contributed by atoms with E-state index in [2.05, 4.69) is 4.98 Å². The van der Waals surface area contributed by atoms with Crippen molar-refractivity contribution in [2.75, 3.05) is 11.9 Å². The first-order valence-electron chi connectivity index (χ1n) is 4.33. The second kappa shape index (κ2) is 4.93. The second-order valence-corrected chi connectivity index (χ2v) is 3.08. The molecule has 0 saturated carbocycles. The zero-order valence-corrected chi connectivity index (χ0v) is 8.24. The molecule has 0 spiro atoms. The lowest BCUT2D eigenvalue weighted by atomic mass is 10.3. The van der Waals surface area contributed by atoms with Crippen molar-refractivity contribution < 1.29 is 22.5 Å². The van der Waals surface area contributed by atoms with Gasteiger partial charge in [-0.25, -0.2) is 8.78 Å². The number of pyridine rings is 1. The third-order valence-electron chi connectivity index (χ3n) is 1.78. The van der Waals surface area contributed by atoms with Gasteiger partial charge in [-0.1, -0.05) is 0 Å². The summed E-state index contributed by atoms with van der Waals surface area (Å²) in [5.41, 5.74) is -0.00377. The summed E-state index contributed by atoms with van der Waals surface area (Å²) in [6.07, 6.45) is -2.86. The minimum absolute atomic E-state index is 0.00377. The van der Waals surface area contributed by atoms with Crippen LogP contribution >= 0.6 is 0 Å². The molecule has 94 valence electrons. The van der Waals surface area contributed by atoms with Crippen molar-refractivity contribution in [2.24, 2.45) is 0 Å². The van der Waals surface area contributed by atoms with E-state index < -0.39 is 29.6 Å². The highest BCUT2D eigenvalue weighted by Crippen LogP contribution is 2.23. The topological polar surface area (TPSA) is 68.1 Å². The smallest absolute Gasteiger partial charge is 0.363 e. The van der Waals surface area contributed by atoms with Gasteiger partial charge in [-0.05, 0) is 16.0 Å². The van der Waals surface area contributed by atoms with Crippen molar-refractivity contribution in [2.45, 2.75) is 12.3 Å². The predicted molar refractivity (Wildman–Crippen MR) is 50.3 cm³/mol. The highest BCUT2D eigenvalue weighted by atomic mass is 19.3. The molecule has 0 fully saturated rings. The Balaban J connectivity index is 2.62. The number of nitrogens with zero attached hydrogens (tertiary/aromatic N) is 2. The summed E-state index contributed by atoms with van der Waals surface area (Å²) in [6, 6.07) is 2.08. The maximum atomic E-state index is 12.5. The van der Waals surface area contributed by atoms with Gasteiger partial charge in [0.1, 0.15) is 0 Å². The second-order valence-electron chi connectivity index (χ2n) is 3.08. The number of nitrogens with one attached hydrogen (secondary N) is 1. The van der Waals surface area contributed by atoms with Gasteiger partial charge in [0.15, 0.2) is 6.20 Å². The summed E-state index contributed by atoms with van der Waals surface area (Å²) in [7, 11) is 0. The first-order valence-corrected chi connectivity index (χ1v) is 4.33. The summed E-state index contributed by atoms with van der Waals surface area (Å²) in [5.74, 6) is -4.63. The number of hydrogen-bond acceptors (Lipinski definition) is 4. The molecule has 0 atom stereocenters. The van der Waals surface area contributed by atoms with Crippen molar-refractivity contribution >= 4 is 11.5 Å². The summed E-state index contributed by atoms with van der Waals surface area (Å²) >= 11 is 0. The minimum atomic E-state index is -4.16. The van der Waals surface area contributed by atoms with Gasteiger partial charge in [-0.2, -0.15) is 8.78 Å². The standard InChI is InChI=1S/C8H7F4N3O2/c9-7(10)8(11,12)4-14-5-1-2-6(13-3-5)15(16)17/h1-3,7,14H,4H2. The summed E-state index contributed by atoms with van der Waals surface area (Å²) in [6.45, 7) is -1.27. The fourth-order valence-electron chi connectivity index (χ4n) is 0.896. The molecule has 9 heteroatoms. The van der Waals surface area contributed by atoms with Crippen molar-refractivity contribution in [1.82, 2.24) is 4.98 Å². The number of anilines is 1. The Kier molecular flexibility index (Phi) is 3.81. The number of halogens is 4. The highest BCUT2D eigenvalue weighted by molar-refractivity contribution is 5.43. The van der Waals surface area contributed by atoms with Gasteiger partial charge in [0.05, 0.1) is 12.2 Å². The van der Waals surface area contributed by atoms with Gasteiger partial charge in [0.25, 0.3) is 0 Å². The molecule has 0 aliphatic heterocycles. The molecule has 1 heterocycles. The molecular weight excluding hydrogens is 246 g/mol. The Labute approximate surface area is 92.6 Å². The van der Waals surface area contributed by atoms with Gasteiger partial charge in [-0.3, -0.25) is 0 Å². The van der Waals surface area contributed by atoms with Crippen molar-refractivity contribution in [3.63, 3.8) is 0 Å². The van der Waals surface area contributed by atoms with Crippen molar-refractivity contribution in [1.29, 1.82) is 0 Å². The van der Waals surface area contributed by atoms with E-state index in [0.29, 0.717) is 0 Å². The number of alkyl halides is 4. The maximum absolute atomic E-state index is 12.5. The monoisotopic (exact) mass is 253 g/mol. The van der Waals surface area contributed by atoms with Gasteiger partial charge in [0.2, 0.25) is 0 Å². The van der Waals surface area contributed by atoms with Gasteiger partial charge in [-0.15, -0.1) is 0 Å². The molecular formula is C8H7F4N3O2. The number of rotatable bonds is 5. The molecule has 0 aromatic carbocycles. The highest BCUT2D eigenvalue weighted by Gasteiger charge is 2.40. The lowest BCUT2D eigenvalue weighted by Crippen LogP contribution is -2.34. The third kappa shape index (κ3) is 3.54. The van der Waals surface area contributed by atoms with E-state index in [4.69, 9.17) is 0 Å². The van der Waals surface area contributed by atoms with Gasteiger partial charge in [0, 0.05) is 6.07 Å². The van der Waals surface area contributed by atoms with E-state index in [0.717, 1.165) is 18.3 Å². The zero-order valence-electron chi connectivity index (χ0n) is 8.24. The molecule has 0 radical (unpaired) electrons. The van der Waals surface area contributed by atoms with Crippen LogP contribution in [-0.2, 0) is 0 Å². The zero-order chi connectivity index (χ0) is 13.1. The molecule has 1 aromatic rings. The predicted octanol–water partition coefficient (Wildman–Crippen LogP) is 2.30. The van der Waals surface area contributed by atoms with Crippen LogP contribution in [-0.4, -0.2) is 28.8 Å². The molecule has 0 aliphatic rings. The molecule has 17 heavy (non-hydrogen) atoms. The van der Waals surface area contributed by atoms with Crippen LogP contribution in [0.5, 0.6) is 0 Å². The molecule has 0 unspecified atom stereocenters. The van der Waals surface area contributed by atoms with Crippen molar-refractivity contribution in [3.05, 3.63) is 28.4 Å². The summed E-state index contributed by atoms with van der Waals surface area (Å²) in [4.78, 5) is 12.8. The van der Waals surface area contributed by atoms with E-state index in [1.54, 1.807) is 0 Å². The lowest BCUT2D eigenvalue weighted by molar-refractivity contribution is -0.389. The molecule has 0 aliphatic carbocycles. The Morgan fingerprint density at radius 1 is 1.47 bits per heavy atom. The normalized spacial score (nSPS) is 11.6. The summed E-state index contributed by atoms with van der Waals surface area (Å²) in [5, 5.41) is 12.2. The van der Waals surface area contributed by atoms with E-state index in [1.165, 1.54) is 0 Å². The Hall–Kier alpha value is -1.93. The molecule has 0 saturated heterocycles. The van der Waals surface area contributed by atoms with E-state index in [1.807, 2.05) is 5.32 Å². The molecule has 1 N–H and O–H groups in total. The van der Waals surface area contributed by atoms with Crippen LogP contribution in [0.4, 0.5) is 29.1 Å². The molecule has 1 aromatic heterocycles. The average molecular weight is 253 g/mol. The molecule has 0 amide bonds. The van der Waals surface area contributed by atoms with Crippen LogP contribution in [0.15, 0.2) is 18.3 Å². The number of nitro groups is 1. The SMILES string of the molecule is O=[N+]([O-])c1ccc(NCC(F)(F)C(F)F)cn1. The average Bonchev–Trinajstić information content (AvgIpc) is 2.27. The van der Waals surface area contributed by atoms with Crippen LogP contribution < -0.4 is 5.32 Å². The molecule has 0 bridgehead atoms. The quantitative estimate of drug-likeness (QED) is 0.496. The fraction of sp³-hybridized carbons (Fsp3) is 0.375. The van der Waals surface area contributed by atoms with Crippen LogP contribution in [0, 0.1) is 10.1 Å². The fourth-order valence-corrected chi connectivity index (χ4v) is 0.896. The van der Waals surface area contributed by atoms with E-state index in [-0.39, 0.29) is 5.69 Å². The largest absolute Gasteiger partial charge is 0.376 e. The minimum Gasteiger partial charge on any atom is -0.376 e. The number of hydrogen-bond donors (Lipinski definition) is 1. The molecule has 1 rings (SSSR count). The summed E-state index contributed by atoms with van der Waals surface area (Å²) < 4.78 is 48.6. The molecule has 5 nitrogen and oxygen atoms in total. The van der Waals surface area contributed by atoms with E-state index in [9.17, 15) is 27.7 Å². The maximum Gasteiger partial charge on any atom is 0.363 e.